The minimum atomic E-state index is 0.569. The number of rotatable bonds is 1. The lowest BCUT2D eigenvalue weighted by atomic mass is 10.00. The fourth-order valence-corrected chi connectivity index (χ4v) is 2.10. The molecule has 1 aliphatic rings. The van der Waals surface area contributed by atoms with Gasteiger partial charge in [-0.3, -0.25) is 0 Å². The standard InChI is InChI=1S/C10H17N3/c1-8(2)9-5-3-4-6-10-11-7-12-13(9)10/h7-9H,3-6H2,1-2H3. The van der Waals surface area contributed by atoms with Gasteiger partial charge in [0, 0.05) is 6.42 Å². The molecule has 0 aliphatic carbocycles. The minimum absolute atomic E-state index is 0.569. The molecule has 1 atom stereocenters. The molecule has 0 saturated carbocycles. The highest BCUT2D eigenvalue weighted by Crippen LogP contribution is 2.27. The maximum absolute atomic E-state index is 4.32. The maximum Gasteiger partial charge on any atom is 0.138 e. The summed E-state index contributed by atoms with van der Waals surface area (Å²) in [7, 11) is 0. The molecule has 72 valence electrons. The van der Waals surface area contributed by atoms with Crippen LogP contribution in [0, 0.1) is 5.92 Å². The van der Waals surface area contributed by atoms with Gasteiger partial charge in [0.05, 0.1) is 6.04 Å². The largest absolute Gasteiger partial charge is 0.247 e. The molecule has 1 aromatic heterocycles. The van der Waals surface area contributed by atoms with Gasteiger partial charge in [-0.05, 0) is 18.8 Å². The van der Waals surface area contributed by atoms with Crippen molar-refractivity contribution in [1.82, 2.24) is 14.8 Å². The van der Waals surface area contributed by atoms with Gasteiger partial charge in [-0.25, -0.2) is 9.67 Å². The van der Waals surface area contributed by atoms with Gasteiger partial charge in [0.25, 0.3) is 0 Å². The number of aromatic nitrogens is 3. The topological polar surface area (TPSA) is 30.7 Å². The maximum atomic E-state index is 4.32. The van der Waals surface area contributed by atoms with Crippen molar-refractivity contribution >= 4 is 0 Å². The molecule has 0 N–H and O–H groups in total. The van der Waals surface area contributed by atoms with E-state index in [9.17, 15) is 0 Å². The molecule has 0 aromatic carbocycles. The summed E-state index contributed by atoms with van der Waals surface area (Å²) < 4.78 is 2.14. The van der Waals surface area contributed by atoms with Crippen molar-refractivity contribution in [1.29, 1.82) is 0 Å². The van der Waals surface area contributed by atoms with Crippen LogP contribution in [0.3, 0.4) is 0 Å². The molecule has 0 radical (unpaired) electrons. The summed E-state index contributed by atoms with van der Waals surface area (Å²) in [5, 5.41) is 4.32. The highest BCUT2D eigenvalue weighted by molar-refractivity contribution is 4.91. The molecule has 13 heavy (non-hydrogen) atoms. The SMILES string of the molecule is CC(C)C1CCCCc2ncnn21. The van der Waals surface area contributed by atoms with E-state index >= 15 is 0 Å². The first kappa shape index (κ1) is 8.73. The van der Waals surface area contributed by atoms with Crippen molar-refractivity contribution < 1.29 is 0 Å². The lowest BCUT2D eigenvalue weighted by molar-refractivity contribution is 0.324. The molecule has 0 saturated heterocycles. The number of nitrogens with zero attached hydrogens (tertiary/aromatic N) is 3. The highest BCUT2D eigenvalue weighted by Gasteiger charge is 2.21. The van der Waals surface area contributed by atoms with Gasteiger partial charge < -0.3 is 0 Å². The normalized spacial score (nSPS) is 22.8. The molecule has 1 unspecified atom stereocenters. The predicted molar refractivity (Wildman–Crippen MR) is 51.5 cm³/mol. The molecule has 0 bridgehead atoms. The number of hydrogen-bond donors (Lipinski definition) is 0. The average molecular weight is 179 g/mol. The third-order valence-electron chi connectivity index (χ3n) is 2.88. The van der Waals surface area contributed by atoms with Crippen molar-refractivity contribution in [3.63, 3.8) is 0 Å². The molecule has 1 aliphatic heterocycles. The van der Waals surface area contributed by atoms with Gasteiger partial charge in [0.1, 0.15) is 12.2 Å². The van der Waals surface area contributed by atoms with Crippen LogP contribution in [0.4, 0.5) is 0 Å². The zero-order valence-corrected chi connectivity index (χ0v) is 8.40. The summed E-state index contributed by atoms with van der Waals surface area (Å²) in [5.74, 6) is 1.84. The summed E-state index contributed by atoms with van der Waals surface area (Å²) in [5.41, 5.74) is 0. The van der Waals surface area contributed by atoms with Gasteiger partial charge in [-0.2, -0.15) is 5.10 Å². The van der Waals surface area contributed by atoms with Gasteiger partial charge >= 0.3 is 0 Å². The Bertz CT molecular complexity index is 277. The van der Waals surface area contributed by atoms with Crippen LogP contribution >= 0.6 is 0 Å². The van der Waals surface area contributed by atoms with Crippen LogP contribution in [0.2, 0.25) is 0 Å². The fraction of sp³-hybridized carbons (Fsp3) is 0.800. The van der Waals surface area contributed by atoms with Crippen molar-refractivity contribution in [2.45, 2.75) is 45.6 Å². The molecule has 0 spiro atoms. The lowest BCUT2D eigenvalue weighted by Crippen LogP contribution is -2.17. The van der Waals surface area contributed by atoms with Crippen LogP contribution in [0.15, 0.2) is 6.33 Å². The second-order valence-electron chi connectivity index (χ2n) is 4.18. The summed E-state index contributed by atoms with van der Waals surface area (Å²) in [6, 6.07) is 0.569. The van der Waals surface area contributed by atoms with Crippen LogP contribution in [0.1, 0.15) is 45.0 Å². The Hall–Kier alpha value is -0.860. The Morgan fingerprint density at radius 3 is 3.08 bits per heavy atom. The monoisotopic (exact) mass is 179 g/mol. The zero-order chi connectivity index (χ0) is 9.26. The van der Waals surface area contributed by atoms with E-state index in [0.717, 1.165) is 6.42 Å². The number of fused-ring (bicyclic) bond motifs is 1. The number of hydrogen-bond acceptors (Lipinski definition) is 2. The second-order valence-corrected chi connectivity index (χ2v) is 4.18. The van der Waals surface area contributed by atoms with Gasteiger partial charge in [0.15, 0.2) is 0 Å². The van der Waals surface area contributed by atoms with E-state index in [2.05, 4.69) is 28.6 Å². The van der Waals surface area contributed by atoms with Gasteiger partial charge in [0.2, 0.25) is 0 Å². The van der Waals surface area contributed by atoms with Crippen molar-refractivity contribution in [2.75, 3.05) is 0 Å². The first-order valence-electron chi connectivity index (χ1n) is 5.17. The van der Waals surface area contributed by atoms with E-state index in [1.165, 1.54) is 25.1 Å². The smallest absolute Gasteiger partial charge is 0.138 e. The van der Waals surface area contributed by atoms with E-state index in [1.807, 2.05) is 0 Å². The van der Waals surface area contributed by atoms with E-state index in [1.54, 1.807) is 6.33 Å². The highest BCUT2D eigenvalue weighted by atomic mass is 15.4. The molecule has 2 heterocycles. The molecule has 2 rings (SSSR count). The molecular weight excluding hydrogens is 162 g/mol. The van der Waals surface area contributed by atoms with Gasteiger partial charge in [-0.1, -0.05) is 20.3 Å². The van der Waals surface area contributed by atoms with Crippen LogP contribution in [-0.4, -0.2) is 14.8 Å². The number of aryl methyl sites for hydroxylation is 1. The second kappa shape index (κ2) is 3.48. The van der Waals surface area contributed by atoms with E-state index < -0.39 is 0 Å². The molecule has 1 aromatic rings. The first-order chi connectivity index (χ1) is 6.29. The van der Waals surface area contributed by atoms with E-state index in [-0.39, 0.29) is 0 Å². The van der Waals surface area contributed by atoms with Crippen molar-refractivity contribution in [3.8, 4) is 0 Å². The van der Waals surface area contributed by atoms with Crippen LogP contribution in [-0.2, 0) is 6.42 Å². The zero-order valence-electron chi connectivity index (χ0n) is 8.40. The lowest BCUT2D eigenvalue weighted by Gasteiger charge is -2.20. The minimum Gasteiger partial charge on any atom is -0.247 e. The Kier molecular flexibility index (Phi) is 2.34. The third kappa shape index (κ3) is 1.60. The van der Waals surface area contributed by atoms with Crippen molar-refractivity contribution in [2.24, 2.45) is 5.92 Å². The summed E-state index contributed by atoms with van der Waals surface area (Å²) >= 11 is 0. The van der Waals surface area contributed by atoms with Gasteiger partial charge in [-0.15, -0.1) is 0 Å². The fourth-order valence-electron chi connectivity index (χ4n) is 2.10. The Balaban J connectivity index is 2.30. The van der Waals surface area contributed by atoms with Crippen LogP contribution in [0.5, 0.6) is 0 Å². The summed E-state index contributed by atoms with van der Waals surface area (Å²) in [6.45, 7) is 4.53. The van der Waals surface area contributed by atoms with Crippen LogP contribution < -0.4 is 0 Å². The Morgan fingerprint density at radius 1 is 1.46 bits per heavy atom. The molecule has 3 nitrogen and oxygen atoms in total. The Morgan fingerprint density at radius 2 is 2.31 bits per heavy atom. The third-order valence-corrected chi connectivity index (χ3v) is 2.88. The molecule has 0 fully saturated rings. The average Bonchev–Trinajstić information content (AvgIpc) is 2.44. The Labute approximate surface area is 79.2 Å². The quantitative estimate of drug-likeness (QED) is 0.661. The summed E-state index contributed by atoms with van der Waals surface area (Å²) in [6.07, 6.45) is 6.63. The summed E-state index contributed by atoms with van der Waals surface area (Å²) in [4.78, 5) is 4.30. The van der Waals surface area contributed by atoms with E-state index in [0.29, 0.717) is 12.0 Å². The van der Waals surface area contributed by atoms with Crippen LogP contribution in [0.25, 0.3) is 0 Å². The molecule has 3 heteroatoms. The predicted octanol–water partition coefficient (Wildman–Crippen LogP) is 2.20. The molecule has 0 amide bonds. The first-order valence-corrected chi connectivity index (χ1v) is 5.17. The van der Waals surface area contributed by atoms with E-state index in [4.69, 9.17) is 0 Å². The molecular formula is C10H17N3. The van der Waals surface area contributed by atoms with Crippen molar-refractivity contribution in [3.05, 3.63) is 12.2 Å².